The van der Waals surface area contributed by atoms with E-state index in [4.69, 9.17) is 44.9 Å². The van der Waals surface area contributed by atoms with Crippen LogP contribution in [0.4, 0.5) is 0 Å². The summed E-state index contributed by atoms with van der Waals surface area (Å²) in [6.45, 7) is 0. The van der Waals surface area contributed by atoms with E-state index in [9.17, 15) is 0 Å². The van der Waals surface area contributed by atoms with Crippen LogP contribution in [0.2, 0.25) is 0 Å². The second kappa shape index (κ2) is 35.2. The molecule has 0 aliphatic carbocycles. The summed E-state index contributed by atoms with van der Waals surface area (Å²) in [5.74, 6) is 5.88. The van der Waals surface area contributed by atoms with Gasteiger partial charge in [-0.2, -0.15) is 0 Å². The van der Waals surface area contributed by atoms with Gasteiger partial charge in [-0.05, 0) is 181 Å². The van der Waals surface area contributed by atoms with Crippen LogP contribution in [0.3, 0.4) is 0 Å². The van der Waals surface area contributed by atoms with Crippen molar-refractivity contribution >= 4 is 129 Å². The normalized spacial score (nSPS) is 11.5. The van der Waals surface area contributed by atoms with E-state index in [1.54, 1.807) is 0 Å². The summed E-state index contributed by atoms with van der Waals surface area (Å²) >= 11 is 0. The van der Waals surface area contributed by atoms with Gasteiger partial charge in [-0.1, -0.05) is 473 Å². The summed E-state index contributed by atoms with van der Waals surface area (Å²) in [7, 11) is 0. The second-order valence-corrected chi connectivity index (χ2v) is 34.9. The number of aromatic nitrogens is 9. The van der Waals surface area contributed by atoms with Crippen molar-refractivity contribution in [2.24, 2.45) is 0 Å². The molecule has 0 N–H and O–H groups in total. The SMILES string of the molecule is c1ccc(-c2nc(-c3ccccc3)nc(-c3cccc(-c4cc5ccccc5c5c4ccc4c6ccccc6ccc45)c3)n2)cc1.c1ccc(-c2nc(-c3ccccc3)nc(-c3ccccc3-c3ccc4c(ccc5ccc6c7ccccc7ccc6c54)c3)n2)cc1.c1ccc(-c2nc(-c3ccccc3)nc(-c3ccccc3-c3cccc4ccc5ccc6c7ccccc7ccc6c5c34)n2)cc1. The molecular weight excluding hydrogens is 1680 g/mol. The molecule has 27 rings (SSSR count). The summed E-state index contributed by atoms with van der Waals surface area (Å²) < 4.78 is 0. The molecule has 0 amide bonds. The predicted octanol–water partition coefficient (Wildman–Crippen LogP) is 33.5. The molecule has 0 radical (unpaired) electrons. The highest BCUT2D eigenvalue weighted by Gasteiger charge is 2.24. The third kappa shape index (κ3) is 15.1. The molecule has 0 aliphatic heterocycles. The molecular formula is C129H81N9. The van der Waals surface area contributed by atoms with E-state index in [1.165, 1.54) is 135 Å². The van der Waals surface area contributed by atoms with Crippen molar-refractivity contribution in [2.45, 2.75) is 0 Å². The molecule has 0 unspecified atom stereocenters. The van der Waals surface area contributed by atoms with Crippen molar-refractivity contribution in [1.29, 1.82) is 0 Å². The fourth-order valence-electron chi connectivity index (χ4n) is 20.1. The Bertz CT molecular complexity index is 9280. The average molecular weight is 1760 g/mol. The van der Waals surface area contributed by atoms with Crippen molar-refractivity contribution < 1.29 is 0 Å². The van der Waals surface area contributed by atoms with Crippen LogP contribution in [-0.2, 0) is 0 Å². The van der Waals surface area contributed by atoms with E-state index in [-0.39, 0.29) is 0 Å². The van der Waals surface area contributed by atoms with Gasteiger partial charge in [-0.3, -0.25) is 0 Å². The van der Waals surface area contributed by atoms with Crippen molar-refractivity contribution in [2.75, 3.05) is 0 Å². The zero-order chi connectivity index (χ0) is 91.4. The first-order chi connectivity index (χ1) is 68.4. The van der Waals surface area contributed by atoms with Gasteiger partial charge in [-0.15, -0.1) is 0 Å². The molecule has 9 heteroatoms. The Labute approximate surface area is 795 Å². The maximum absolute atomic E-state index is 5.09. The molecule has 0 saturated carbocycles. The van der Waals surface area contributed by atoms with Crippen molar-refractivity contribution in [3.8, 4) is 136 Å². The van der Waals surface area contributed by atoms with E-state index < -0.39 is 0 Å². The van der Waals surface area contributed by atoms with E-state index in [0.717, 1.165) is 77.9 Å². The van der Waals surface area contributed by atoms with E-state index in [0.29, 0.717) is 52.4 Å². The Balaban J connectivity index is 0.000000110. The minimum absolute atomic E-state index is 0.649. The van der Waals surface area contributed by atoms with Crippen molar-refractivity contribution in [3.05, 3.63) is 491 Å². The predicted molar refractivity (Wildman–Crippen MR) is 575 cm³/mol. The van der Waals surface area contributed by atoms with Crippen LogP contribution in [-0.4, -0.2) is 44.9 Å². The van der Waals surface area contributed by atoms with Crippen molar-refractivity contribution in [3.63, 3.8) is 0 Å². The molecule has 0 atom stereocenters. The molecule has 27 aromatic rings. The van der Waals surface area contributed by atoms with Crippen LogP contribution < -0.4 is 0 Å². The Morgan fingerprint density at radius 2 is 0.355 bits per heavy atom. The standard InChI is InChI=1S/3C43H27N3/c1-3-13-29(14-4-1)41-44-42(30-15-5-2-6-16-30)46-43(45-41)33-19-11-18-31(26-33)39-27-32-17-8-10-21-35(32)40-37-23-22-28-12-7-9-20-34(28)36(37)24-25-38(39)40;1-3-13-31(14-4-1)41-44-42(32-15-5-2-6-16-32)46-43(45-41)38-20-10-9-19-34(38)36-21-11-17-29-22-23-30-25-26-35-33-18-8-7-12-28(33)24-27-37(35)40(30)39(29)36;1-3-12-30(13-4-1)41-44-42(31-14-5-2-6-15-31)46-43(45-41)39-18-10-9-17-35(39)32-23-24-36-33(27-32)20-19-29-22-25-37-34-16-8-7-11-28(34)21-26-38(37)40(29)36/h3*1-27H. The van der Waals surface area contributed by atoms with Gasteiger partial charge in [0.1, 0.15) is 0 Å². The molecule has 0 saturated heterocycles. The second-order valence-electron chi connectivity index (χ2n) is 34.9. The number of fused-ring (bicyclic) bond motifs is 21. The largest absolute Gasteiger partial charge is 0.208 e. The Morgan fingerprint density at radius 3 is 0.826 bits per heavy atom. The monoisotopic (exact) mass is 1760 g/mol. The molecule has 0 spiro atoms. The summed E-state index contributed by atoms with van der Waals surface area (Å²) in [6.07, 6.45) is 0. The van der Waals surface area contributed by atoms with Crippen LogP contribution >= 0.6 is 0 Å². The quantitative estimate of drug-likeness (QED) is 0.110. The van der Waals surface area contributed by atoms with Gasteiger partial charge in [0.2, 0.25) is 0 Å². The fourth-order valence-corrected chi connectivity index (χ4v) is 20.1. The minimum Gasteiger partial charge on any atom is -0.208 e. The van der Waals surface area contributed by atoms with Gasteiger partial charge in [-0.25, -0.2) is 44.9 Å². The summed E-state index contributed by atoms with van der Waals surface area (Å²) in [4.78, 5) is 44.9. The molecule has 642 valence electrons. The zero-order valence-electron chi connectivity index (χ0n) is 74.8. The highest BCUT2D eigenvalue weighted by molar-refractivity contribution is 6.30. The van der Waals surface area contributed by atoms with Gasteiger partial charge in [0, 0.05) is 50.1 Å². The summed E-state index contributed by atoms with van der Waals surface area (Å²) in [5, 5.41) is 30.1. The van der Waals surface area contributed by atoms with Crippen LogP contribution in [0.5, 0.6) is 0 Å². The molecule has 0 fully saturated rings. The number of benzene rings is 24. The van der Waals surface area contributed by atoms with E-state index in [2.05, 4.69) is 309 Å². The first-order valence-corrected chi connectivity index (χ1v) is 46.6. The van der Waals surface area contributed by atoms with E-state index >= 15 is 0 Å². The lowest BCUT2D eigenvalue weighted by molar-refractivity contribution is 1.07. The Morgan fingerprint density at radius 1 is 0.0942 bits per heavy atom. The number of hydrogen-bond acceptors (Lipinski definition) is 9. The molecule has 0 aliphatic rings. The van der Waals surface area contributed by atoms with Crippen LogP contribution in [0.25, 0.3) is 265 Å². The number of rotatable bonds is 12. The smallest absolute Gasteiger partial charge is 0.164 e. The Hall–Kier alpha value is -18.6. The topological polar surface area (TPSA) is 116 Å². The third-order valence-electron chi connectivity index (χ3n) is 26.7. The van der Waals surface area contributed by atoms with E-state index in [1.807, 2.05) is 182 Å². The summed E-state index contributed by atoms with van der Waals surface area (Å²) in [6, 6.07) is 173. The summed E-state index contributed by atoms with van der Waals surface area (Å²) in [5.41, 5.74) is 15.4. The first kappa shape index (κ1) is 81.4. The third-order valence-corrected chi connectivity index (χ3v) is 26.7. The minimum atomic E-state index is 0.649. The average Bonchev–Trinajstić information content (AvgIpc) is 0.733. The van der Waals surface area contributed by atoms with Crippen LogP contribution in [0, 0.1) is 0 Å². The maximum atomic E-state index is 5.09. The van der Waals surface area contributed by atoms with Crippen LogP contribution in [0.1, 0.15) is 0 Å². The van der Waals surface area contributed by atoms with Gasteiger partial charge in [0.25, 0.3) is 0 Å². The highest BCUT2D eigenvalue weighted by Crippen LogP contribution is 2.47. The maximum Gasteiger partial charge on any atom is 0.164 e. The van der Waals surface area contributed by atoms with Gasteiger partial charge >= 0.3 is 0 Å². The Kier molecular flexibility index (Phi) is 20.8. The molecule has 0 bridgehead atoms. The van der Waals surface area contributed by atoms with Gasteiger partial charge in [0.05, 0.1) is 0 Å². The lowest BCUT2D eigenvalue weighted by atomic mass is 9.88. The number of nitrogens with zero attached hydrogens (tertiary/aromatic N) is 9. The molecule has 3 heterocycles. The highest BCUT2D eigenvalue weighted by atomic mass is 15.1. The lowest BCUT2D eigenvalue weighted by Gasteiger charge is -2.16. The fraction of sp³-hybridized carbons (Fsp3) is 0. The van der Waals surface area contributed by atoms with Gasteiger partial charge in [0.15, 0.2) is 52.4 Å². The molecule has 24 aromatic carbocycles. The number of hydrogen-bond donors (Lipinski definition) is 0. The molecule has 9 nitrogen and oxygen atoms in total. The van der Waals surface area contributed by atoms with Gasteiger partial charge < -0.3 is 0 Å². The van der Waals surface area contributed by atoms with Crippen LogP contribution in [0.15, 0.2) is 491 Å². The van der Waals surface area contributed by atoms with Crippen molar-refractivity contribution in [1.82, 2.24) is 44.9 Å². The zero-order valence-corrected chi connectivity index (χ0v) is 74.8. The molecule has 3 aromatic heterocycles. The first-order valence-electron chi connectivity index (χ1n) is 46.6. The molecule has 138 heavy (non-hydrogen) atoms. The lowest BCUT2D eigenvalue weighted by Crippen LogP contribution is -2.01.